The maximum absolute atomic E-state index is 13.1. The molecule has 3 N–H and O–H groups in total. The molecule has 200 valence electrons. The Morgan fingerprint density at radius 3 is 1.53 bits per heavy atom. The molecule has 2 rings (SSSR count). The molecule has 0 aliphatic heterocycles. The van der Waals surface area contributed by atoms with Gasteiger partial charge < -0.3 is 9.92 Å². The summed E-state index contributed by atoms with van der Waals surface area (Å²) in [4.78, 5) is 13.1. The number of amides is 1. The van der Waals surface area contributed by atoms with Crippen LogP contribution in [0.2, 0.25) is 0 Å². The Labute approximate surface area is 218 Å². The van der Waals surface area contributed by atoms with Crippen LogP contribution in [0.3, 0.4) is 0 Å². The maximum Gasteiger partial charge on any atom is 0.409 e. The molecule has 0 bridgehead atoms. The lowest BCUT2D eigenvalue weighted by Crippen LogP contribution is -2.36. The van der Waals surface area contributed by atoms with Crippen LogP contribution in [0.1, 0.15) is 132 Å². The second-order valence-corrected chi connectivity index (χ2v) is 12.5. The number of nitrogen functional groups attached to an aromatic ring is 1. The van der Waals surface area contributed by atoms with Crippen molar-refractivity contribution in [3.05, 3.63) is 57.6 Å². The minimum Gasteiger partial charge on any atom is -0.399 e. The van der Waals surface area contributed by atoms with E-state index in [1.54, 1.807) is 12.1 Å². The standard InChI is InChI=1S/C29H44N2O4S/c1-16(2)21-11-23(17(3)4)27(24(12-21)18(5)6)15-28(32)31-36(33,34)35-29-25(19(7)8)13-22(30)14-26(29)20(9)10/h11-14,16-20H,15,30H2,1-10H3,(H,31,32). The number of rotatable bonds is 10. The maximum atomic E-state index is 13.1. The van der Waals surface area contributed by atoms with Crippen molar-refractivity contribution in [1.29, 1.82) is 0 Å². The highest BCUT2D eigenvalue weighted by Gasteiger charge is 2.26. The van der Waals surface area contributed by atoms with Gasteiger partial charge in [0.05, 0.1) is 6.42 Å². The molecule has 0 saturated heterocycles. The quantitative estimate of drug-likeness (QED) is 0.336. The number of hydrogen-bond acceptors (Lipinski definition) is 5. The molecule has 2 aromatic rings. The molecular weight excluding hydrogens is 472 g/mol. The van der Waals surface area contributed by atoms with E-state index in [4.69, 9.17) is 9.92 Å². The van der Waals surface area contributed by atoms with Crippen LogP contribution in [0.15, 0.2) is 24.3 Å². The van der Waals surface area contributed by atoms with E-state index in [0.29, 0.717) is 22.7 Å². The first kappa shape index (κ1) is 29.7. The molecule has 2 aromatic carbocycles. The molecule has 0 radical (unpaired) electrons. The van der Waals surface area contributed by atoms with Crippen LogP contribution in [0.25, 0.3) is 0 Å². The van der Waals surface area contributed by atoms with E-state index < -0.39 is 16.2 Å². The Hall–Kier alpha value is -2.54. The van der Waals surface area contributed by atoms with Crippen molar-refractivity contribution in [1.82, 2.24) is 4.72 Å². The van der Waals surface area contributed by atoms with Gasteiger partial charge in [-0.05, 0) is 64.0 Å². The van der Waals surface area contributed by atoms with Gasteiger partial charge in [0, 0.05) is 16.8 Å². The zero-order chi connectivity index (χ0) is 27.5. The van der Waals surface area contributed by atoms with E-state index in [1.807, 2.05) is 27.7 Å². The third-order valence-corrected chi connectivity index (χ3v) is 7.30. The highest BCUT2D eigenvalue weighted by atomic mass is 32.2. The van der Waals surface area contributed by atoms with Gasteiger partial charge in [-0.3, -0.25) is 4.79 Å². The van der Waals surface area contributed by atoms with Gasteiger partial charge in [0.15, 0.2) is 5.75 Å². The Morgan fingerprint density at radius 1 is 0.750 bits per heavy atom. The average molecular weight is 517 g/mol. The van der Waals surface area contributed by atoms with Crippen molar-refractivity contribution in [2.24, 2.45) is 0 Å². The van der Waals surface area contributed by atoms with Gasteiger partial charge in [0.25, 0.3) is 0 Å². The molecule has 0 fully saturated rings. The van der Waals surface area contributed by atoms with Gasteiger partial charge in [-0.25, -0.2) is 4.72 Å². The fourth-order valence-electron chi connectivity index (χ4n) is 4.43. The van der Waals surface area contributed by atoms with Gasteiger partial charge in [-0.2, -0.15) is 8.42 Å². The molecule has 0 unspecified atom stereocenters. The molecule has 0 spiro atoms. The van der Waals surface area contributed by atoms with Crippen molar-refractivity contribution in [3.8, 4) is 5.75 Å². The Balaban J connectivity index is 2.43. The summed E-state index contributed by atoms with van der Waals surface area (Å²) in [5, 5.41) is 0. The molecule has 0 aliphatic carbocycles. The van der Waals surface area contributed by atoms with E-state index in [2.05, 4.69) is 58.4 Å². The van der Waals surface area contributed by atoms with Crippen LogP contribution in [0.4, 0.5) is 5.69 Å². The minimum atomic E-state index is -4.41. The highest BCUT2D eigenvalue weighted by Crippen LogP contribution is 2.37. The highest BCUT2D eigenvalue weighted by molar-refractivity contribution is 7.85. The predicted molar refractivity (Wildman–Crippen MR) is 149 cm³/mol. The van der Waals surface area contributed by atoms with Crippen LogP contribution < -0.4 is 14.6 Å². The zero-order valence-electron chi connectivity index (χ0n) is 23.5. The van der Waals surface area contributed by atoms with Crippen LogP contribution in [0, 0.1) is 0 Å². The van der Waals surface area contributed by atoms with Crippen molar-refractivity contribution < 1.29 is 17.4 Å². The molecule has 0 saturated carbocycles. The lowest BCUT2D eigenvalue weighted by atomic mass is 9.83. The van der Waals surface area contributed by atoms with Crippen molar-refractivity contribution >= 4 is 21.9 Å². The number of benzene rings is 2. The molecule has 7 heteroatoms. The average Bonchev–Trinajstić information content (AvgIpc) is 2.73. The van der Waals surface area contributed by atoms with E-state index in [1.165, 1.54) is 5.56 Å². The first-order valence-electron chi connectivity index (χ1n) is 12.9. The molecule has 1 amide bonds. The van der Waals surface area contributed by atoms with Crippen LogP contribution in [-0.4, -0.2) is 14.3 Å². The first-order chi connectivity index (χ1) is 16.5. The van der Waals surface area contributed by atoms with Crippen LogP contribution >= 0.6 is 0 Å². The Bertz CT molecular complexity index is 1140. The molecule has 36 heavy (non-hydrogen) atoms. The van der Waals surface area contributed by atoms with E-state index in [-0.39, 0.29) is 35.8 Å². The third-order valence-electron chi connectivity index (χ3n) is 6.43. The number of carbonyl (C=O) groups is 1. The van der Waals surface area contributed by atoms with Crippen LogP contribution in [0.5, 0.6) is 5.75 Å². The summed E-state index contributed by atoms with van der Waals surface area (Å²) in [6.07, 6.45) is -0.0438. The van der Waals surface area contributed by atoms with Gasteiger partial charge >= 0.3 is 10.3 Å². The summed E-state index contributed by atoms with van der Waals surface area (Å²) in [5.74, 6) is 0.303. The van der Waals surface area contributed by atoms with Crippen molar-refractivity contribution in [2.45, 2.75) is 105 Å². The topological polar surface area (TPSA) is 98.5 Å². The van der Waals surface area contributed by atoms with Gasteiger partial charge in [0.1, 0.15) is 0 Å². The van der Waals surface area contributed by atoms with Gasteiger partial charge in [0.2, 0.25) is 5.91 Å². The molecule has 6 nitrogen and oxygen atoms in total. The molecular formula is C29H44N2O4S. The summed E-state index contributed by atoms with van der Waals surface area (Å²) in [6.45, 7) is 20.4. The van der Waals surface area contributed by atoms with Crippen molar-refractivity contribution in [3.63, 3.8) is 0 Å². The molecule has 0 atom stereocenters. The van der Waals surface area contributed by atoms with Gasteiger partial charge in [-0.15, -0.1) is 0 Å². The largest absolute Gasteiger partial charge is 0.409 e. The first-order valence-corrected chi connectivity index (χ1v) is 14.3. The predicted octanol–water partition coefficient (Wildman–Crippen LogP) is 6.87. The molecule has 0 aromatic heterocycles. The third kappa shape index (κ3) is 7.25. The summed E-state index contributed by atoms with van der Waals surface area (Å²) in [7, 11) is -4.41. The fraction of sp³-hybridized carbons (Fsp3) is 0.552. The normalized spacial score (nSPS) is 12.3. The molecule has 0 aliphatic rings. The summed E-state index contributed by atoms with van der Waals surface area (Å²) >= 11 is 0. The lowest BCUT2D eigenvalue weighted by molar-refractivity contribution is -0.118. The number of anilines is 1. The molecule has 0 heterocycles. The minimum absolute atomic E-state index is 0.0198. The monoisotopic (exact) mass is 516 g/mol. The second kappa shape index (κ2) is 11.7. The zero-order valence-corrected chi connectivity index (χ0v) is 24.3. The fourth-order valence-corrected chi connectivity index (χ4v) is 5.23. The number of carbonyl (C=O) groups excluding carboxylic acids is 1. The Kier molecular flexibility index (Phi) is 9.63. The SMILES string of the molecule is CC(C)c1cc(C(C)C)c(CC(=O)NS(=O)(=O)Oc2c(C(C)C)cc(N)cc2C(C)C)c(C(C)C)c1. The second-order valence-electron chi connectivity index (χ2n) is 11.2. The van der Waals surface area contributed by atoms with Crippen LogP contribution in [-0.2, 0) is 21.5 Å². The number of nitrogens with one attached hydrogen (secondary N) is 1. The Morgan fingerprint density at radius 2 is 1.17 bits per heavy atom. The van der Waals surface area contributed by atoms with Gasteiger partial charge in [-0.1, -0.05) is 81.4 Å². The lowest BCUT2D eigenvalue weighted by Gasteiger charge is -2.23. The van der Waals surface area contributed by atoms with E-state index in [0.717, 1.165) is 16.7 Å². The number of hydrogen-bond donors (Lipinski definition) is 2. The summed E-state index contributed by atoms with van der Waals surface area (Å²) in [6, 6.07) is 7.74. The van der Waals surface area contributed by atoms with E-state index >= 15 is 0 Å². The summed E-state index contributed by atoms with van der Waals surface area (Å²) < 4.78 is 33.8. The van der Waals surface area contributed by atoms with E-state index in [9.17, 15) is 13.2 Å². The van der Waals surface area contributed by atoms with Crippen molar-refractivity contribution in [2.75, 3.05) is 5.73 Å². The smallest absolute Gasteiger partial charge is 0.399 e. The number of nitrogens with two attached hydrogens (primary N) is 1. The summed E-state index contributed by atoms with van der Waals surface area (Å²) in [5.41, 5.74) is 12.2.